The van der Waals surface area contributed by atoms with E-state index in [1.165, 1.54) is 0 Å². The molecule has 0 amide bonds. The van der Waals surface area contributed by atoms with E-state index in [2.05, 4.69) is 19.9 Å². The summed E-state index contributed by atoms with van der Waals surface area (Å²) in [6.07, 6.45) is 10.1. The van der Waals surface area contributed by atoms with Crippen molar-refractivity contribution in [2.24, 2.45) is 22.7 Å². The molecule has 6 atom stereocenters. The number of hydrogen-bond donors (Lipinski definition) is 2. The van der Waals surface area contributed by atoms with Gasteiger partial charge in [-0.15, -0.1) is 0 Å². The average Bonchev–Trinajstić information content (AvgIpc) is 3.07. The smallest absolute Gasteiger partial charge is 0.332 e. The maximum atomic E-state index is 11.8. The van der Waals surface area contributed by atoms with Crippen LogP contribution in [-0.4, -0.2) is 22.5 Å². The first-order chi connectivity index (χ1) is 11.9. The fourth-order valence-electron chi connectivity index (χ4n) is 5.51. The summed E-state index contributed by atoms with van der Waals surface area (Å²) in [6, 6.07) is 1.86. The first-order valence-corrected chi connectivity index (χ1v) is 8.84. The van der Waals surface area contributed by atoms with Crippen LogP contribution < -0.4 is 0 Å². The van der Waals surface area contributed by atoms with Crippen molar-refractivity contribution in [2.75, 3.05) is 0 Å². The summed E-state index contributed by atoms with van der Waals surface area (Å²) in [5, 5.41) is 20.4. The van der Waals surface area contributed by atoms with E-state index in [1.807, 2.05) is 12.1 Å². The van der Waals surface area contributed by atoms with Gasteiger partial charge in [0.05, 0.1) is 18.6 Å². The van der Waals surface area contributed by atoms with Crippen molar-refractivity contribution in [1.29, 1.82) is 0 Å². The molecule has 25 heavy (non-hydrogen) atoms. The molecule has 5 heteroatoms. The largest absolute Gasteiger partial charge is 0.478 e. The van der Waals surface area contributed by atoms with Crippen molar-refractivity contribution >= 4 is 5.97 Å². The Bertz CT molecular complexity index is 733. The van der Waals surface area contributed by atoms with E-state index in [0.717, 1.165) is 24.8 Å². The Morgan fingerprint density at radius 3 is 2.84 bits per heavy atom. The lowest BCUT2D eigenvalue weighted by molar-refractivity contribution is -0.261. The van der Waals surface area contributed by atoms with Gasteiger partial charge in [-0.3, -0.25) is 0 Å². The number of fused-ring (bicyclic) bond motifs is 3. The average molecular weight is 344 g/mol. The zero-order chi connectivity index (χ0) is 17.8. The number of carbonyl (C=O) groups is 1. The maximum Gasteiger partial charge on any atom is 0.332 e. The van der Waals surface area contributed by atoms with Gasteiger partial charge in [-0.25, -0.2) is 4.79 Å². The standard InChI is InChI=1S/C20H24O5/c1-19-8-6-14-18(23)25-15(12-7-9-24-11-12)10-20(14,2)16(19)5-3-4-13(19)17(21)22/h3-5,7,9,11,14-16,18,23H,6,8,10H2,1-2H3,(H,21,22)/t14-,15-,16-,18-,19-,20-/m0/s1. The SMILES string of the molecule is C[C@]12C[C@@H](c3ccoc3)O[C@H](O)[C@@H]1CC[C@@]1(C)C(C(=O)O)=CC=C[C@H]21. The van der Waals surface area contributed by atoms with Gasteiger partial charge in [0, 0.05) is 22.5 Å². The second-order valence-electron chi connectivity index (χ2n) is 8.09. The van der Waals surface area contributed by atoms with Crippen LogP contribution in [0.2, 0.25) is 0 Å². The third-order valence-corrected chi connectivity index (χ3v) is 6.82. The Morgan fingerprint density at radius 2 is 2.16 bits per heavy atom. The highest BCUT2D eigenvalue weighted by atomic mass is 16.6. The van der Waals surface area contributed by atoms with Crippen LogP contribution in [0.4, 0.5) is 0 Å². The number of hydrogen-bond acceptors (Lipinski definition) is 4. The van der Waals surface area contributed by atoms with Crippen LogP contribution in [0.3, 0.4) is 0 Å². The number of aliphatic carboxylic acids is 1. The Labute approximate surface area is 147 Å². The van der Waals surface area contributed by atoms with E-state index in [4.69, 9.17) is 9.15 Å². The highest BCUT2D eigenvalue weighted by Gasteiger charge is 2.60. The molecular formula is C20H24O5. The van der Waals surface area contributed by atoms with Crippen molar-refractivity contribution in [3.05, 3.63) is 48.0 Å². The minimum Gasteiger partial charge on any atom is -0.478 e. The predicted molar refractivity (Wildman–Crippen MR) is 90.4 cm³/mol. The van der Waals surface area contributed by atoms with Crippen LogP contribution in [0.25, 0.3) is 0 Å². The summed E-state index contributed by atoms with van der Waals surface area (Å²) in [5.74, 6) is -0.813. The molecule has 4 rings (SSSR count). The van der Waals surface area contributed by atoms with Gasteiger partial charge in [0.15, 0.2) is 6.29 Å². The predicted octanol–water partition coefficient (Wildman–Crippen LogP) is 3.68. The molecule has 1 aromatic heterocycles. The highest BCUT2D eigenvalue weighted by Crippen LogP contribution is 2.64. The lowest BCUT2D eigenvalue weighted by Gasteiger charge is -2.60. The first kappa shape index (κ1) is 16.6. The Morgan fingerprint density at radius 1 is 1.36 bits per heavy atom. The fourth-order valence-corrected chi connectivity index (χ4v) is 5.51. The molecule has 1 aliphatic heterocycles. The second-order valence-corrected chi connectivity index (χ2v) is 8.09. The molecule has 0 aromatic carbocycles. The summed E-state index contributed by atoms with van der Waals surface area (Å²) in [4.78, 5) is 11.8. The number of ether oxygens (including phenoxy) is 1. The number of aliphatic hydroxyl groups excluding tert-OH is 1. The van der Waals surface area contributed by atoms with Crippen LogP contribution in [-0.2, 0) is 9.53 Å². The number of allylic oxidation sites excluding steroid dienone is 3. The minimum absolute atomic E-state index is 0.00785. The zero-order valence-electron chi connectivity index (χ0n) is 14.5. The molecule has 2 aliphatic carbocycles. The Balaban J connectivity index is 1.74. The normalized spacial score (nSPS) is 43.1. The van der Waals surface area contributed by atoms with E-state index in [9.17, 15) is 15.0 Å². The van der Waals surface area contributed by atoms with Crippen molar-refractivity contribution in [3.8, 4) is 0 Å². The maximum absolute atomic E-state index is 11.8. The Kier molecular flexibility index (Phi) is 3.71. The number of rotatable bonds is 2. The molecule has 2 N–H and O–H groups in total. The molecule has 0 radical (unpaired) electrons. The fraction of sp³-hybridized carbons (Fsp3) is 0.550. The second kappa shape index (κ2) is 5.58. The molecule has 0 unspecified atom stereocenters. The molecule has 1 aromatic rings. The molecule has 1 saturated carbocycles. The summed E-state index contributed by atoms with van der Waals surface area (Å²) in [6.45, 7) is 4.23. The number of aliphatic hydroxyl groups is 1. The molecule has 2 fully saturated rings. The van der Waals surface area contributed by atoms with Crippen LogP contribution in [0.1, 0.15) is 44.8 Å². The molecule has 1 saturated heterocycles. The van der Waals surface area contributed by atoms with Gasteiger partial charge >= 0.3 is 5.97 Å². The van der Waals surface area contributed by atoms with E-state index >= 15 is 0 Å². The molecule has 0 bridgehead atoms. The number of carboxylic acid groups (broad SMARTS) is 1. The van der Waals surface area contributed by atoms with E-state index in [-0.39, 0.29) is 23.4 Å². The van der Waals surface area contributed by atoms with Crippen LogP contribution in [0.5, 0.6) is 0 Å². The minimum atomic E-state index is -0.851. The van der Waals surface area contributed by atoms with Crippen molar-refractivity contribution in [2.45, 2.75) is 45.5 Å². The number of carboxylic acids is 1. The van der Waals surface area contributed by atoms with E-state index < -0.39 is 17.7 Å². The van der Waals surface area contributed by atoms with Crippen molar-refractivity contribution in [1.82, 2.24) is 0 Å². The molecular weight excluding hydrogens is 320 g/mol. The van der Waals surface area contributed by atoms with Gasteiger partial charge in [-0.1, -0.05) is 32.1 Å². The summed E-state index contributed by atoms with van der Waals surface area (Å²) in [7, 11) is 0. The monoisotopic (exact) mass is 344 g/mol. The highest BCUT2D eigenvalue weighted by molar-refractivity contribution is 5.89. The van der Waals surface area contributed by atoms with Crippen LogP contribution in [0.15, 0.2) is 46.8 Å². The third-order valence-electron chi connectivity index (χ3n) is 6.82. The van der Waals surface area contributed by atoms with Crippen molar-refractivity contribution in [3.63, 3.8) is 0 Å². The molecule has 3 aliphatic rings. The summed E-state index contributed by atoms with van der Waals surface area (Å²) >= 11 is 0. The zero-order valence-corrected chi connectivity index (χ0v) is 14.5. The van der Waals surface area contributed by atoms with Gasteiger partial charge < -0.3 is 19.4 Å². The van der Waals surface area contributed by atoms with Crippen molar-refractivity contribution < 1.29 is 24.2 Å². The van der Waals surface area contributed by atoms with E-state index in [1.54, 1.807) is 18.6 Å². The first-order valence-electron chi connectivity index (χ1n) is 8.84. The molecule has 5 nitrogen and oxygen atoms in total. The third kappa shape index (κ3) is 2.33. The molecule has 134 valence electrons. The number of furan rings is 1. The van der Waals surface area contributed by atoms with E-state index in [0.29, 0.717) is 5.57 Å². The quantitative estimate of drug-likeness (QED) is 0.855. The molecule has 2 heterocycles. The Hall–Kier alpha value is -1.85. The lowest BCUT2D eigenvalue weighted by Crippen LogP contribution is -2.56. The van der Waals surface area contributed by atoms with Crippen LogP contribution >= 0.6 is 0 Å². The summed E-state index contributed by atoms with van der Waals surface area (Å²) < 4.78 is 11.1. The lowest BCUT2D eigenvalue weighted by atomic mass is 9.47. The van der Waals surface area contributed by atoms with Gasteiger partial charge in [-0.2, -0.15) is 0 Å². The summed E-state index contributed by atoms with van der Waals surface area (Å²) in [5.41, 5.74) is 0.711. The topological polar surface area (TPSA) is 79.9 Å². The van der Waals surface area contributed by atoms with Gasteiger partial charge in [0.25, 0.3) is 0 Å². The van der Waals surface area contributed by atoms with Gasteiger partial charge in [-0.05, 0) is 36.7 Å². The van der Waals surface area contributed by atoms with Gasteiger partial charge in [0.2, 0.25) is 0 Å². The van der Waals surface area contributed by atoms with Crippen LogP contribution in [0, 0.1) is 22.7 Å². The van der Waals surface area contributed by atoms with Gasteiger partial charge in [0.1, 0.15) is 0 Å². The molecule has 0 spiro atoms.